The largest absolute Gasteiger partial charge is 0.508 e. The Labute approximate surface area is 121 Å². The van der Waals surface area contributed by atoms with Gasteiger partial charge in [-0.05, 0) is 49.1 Å². The standard InChI is InChI=1S/C18H23NO/c1-2-17(14-16-6-4-3-5-7-16)19-13-12-15-8-10-18(20)11-9-15/h3-11,17,19-20H,2,12-14H2,1H3. The summed E-state index contributed by atoms with van der Waals surface area (Å²) < 4.78 is 0. The minimum atomic E-state index is 0.331. The maximum Gasteiger partial charge on any atom is 0.115 e. The van der Waals surface area contributed by atoms with Crippen molar-refractivity contribution in [3.05, 3.63) is 65.7 Å². The molecule has 1 atom stereocenters. The smallest absolute Gasteiger partial charge is 0.115 e. The first-order valence-electron chi connectivity index (χ1n) is 7.33. The van der Waals surface area contributed by atoms with E-state index in [9.17, 15) is 5.11 Å². The number of benzene rings is 2. The lowest BCUT2D eigenvalue weighted by Crippen LogP contribution is -2.32. The normalized spacial score (nSPS) is 12.2. The second kappa shape index (κ2) is 7.71. The molecule has 0 radical (unpaired) electrons. The lowest BCUT2D eigenvalue weighted by molar-refractivity contribution is 0.474. The van der Waals surface area contributed by atoms with E-state index in [1.54, 1.807) is 12.1 Å². The van der Waals surface area contributed by atoms with Gasteiger partial charge in [0.1, 0.15) is 5.75 Å². The fraction of sp³-hybridized carbons (Fsp3) is 0.333. The lowest BCUT2D eigenvalue weighted by atomic mass is 10.0. The van der Waals surface area contributed by atoms with Gasteiger partial charge in [0.25, 0.3) is 0 Å². The topological polar surface area (TPSA) is 32.3 Å². The Bertz CT molecular complexity index is 493. The summed E-state index contributed by atoms with van der Waals surface area (Å²) in [5.41, 5.74) is 2.64. The van der Waals surface area contributed by atoms with Crippen molar-refractivity contribution in [2.45, 2.75) is 32.2 Å². The Morgan fingerprint density at radius 1 is 0.950 bits per heavy atom. The highest BCUT2D eigenvalue weighted by Crippen LogP contribution is 2.10. The average molecular weight is 269 g/mol. The molecule has 0 saturated heterocycles. The summed E-state index contributed by atoms with van der Waals surface area (Å²) in [4.78, 5) is 0. The Balaban J connectivity index is 1.78. The van der Waals surface area contributed by atoms with E-state index in [2.05, 4.69) is 42.6 Å². The van der Waals surface area contributed by atoms with Crippen molar-refractivity contribution in [1.29, 1.82) is 0 Å². The van der Waals surface area contributed by atoms with Gasteiger partial charge in [-0.25, -0.2) is 0 Å². The molecule has 0 aliphatic heterocycles. The van der Waals surface area contributed by atoms with Crippen LogP contribution in [0, 0.1) is 0 Å². The predicted octanol–water partition coefficient (Wildman–Crippen LogP) is 3.55. The van der Waals surface area contributed by atoms with Crippen molar-refractivity contribution in [3.63, 3.8) is 0 Å². The van der Waals surface area contributed by atoms with E-state index >= 15 is 0 Å². The van der Waals surface area contributed by atoms with Gasteiger partial charge in [-0.2, -0.15) is 0 Å². The van der Waals surface area contributed by atoms with Crippen molar-refractivity contribution in [1.82, 2.24) is 5.32 Å². The number of phenols is 1. The molecular formula is C18H23NO. The molecule has 0 aliphatic carbocycles. The molecule has 106 valence electrons. The molecule has 1 unspecified atom stereocenters. The number of phenolic OH excluding ortho intramolecular Hbond substituents is 1. The van der Waals surface area contributed by atoms with Crippen LogP contribution in [0.3, 0.4) is 0 Å². The van der Waals surface area contributed by atoms with Crippen LogP contribution in [-0.2, 0) is 12.8 Å². The maximum atomic E-state index is 9.26. The number of rotatable bonds is 7. The van der Waals surface area contributed by atoms with Crippen LogP contribution in [0.25, 0.3) is 0 Å². The maximum absolute atomic E-state index is 9.26. The average Bonchev–Trinajstić information content (AvgIpc) is 2.49. The van der Waals surface area contributed by atoms with Crippen LogP contribution in [-0.4, -0.2) is 17.7 Å². The number of hydrogen-bond donors (Lipinski definition) is 2. The second-order valence-corrected chi connectivity index (χ2v) is 5.17. The lowest BCUT2D eigenvalue weighted by Gasteiger charge is -2.17. The molecule has 2 aromatic rings. The van der Waals surface area contributed by atoms with Crippen molar-refractivity contribution in [2.24, 2.45) is 0 Å². The molecule has 0 saturated carbocycles. The number of nitrogens with one attached hydrogen (secondary N) is 1. The molecule has 0 heterocycles. The monoisotopic (exact) mass is 269 g/mol. The summed E-state index contributed by atoms with van der Waals surface area (Å²) in [6.45, 7) is 3.19. The molecular weight excluding hydrogens is 246 g/mol. The molecule has 0 bridgehead atoms. The Morgan fingerprint density at radius 2 is 1.65 bits per heavy atom. The third-order valence-corrected chi connectivity index (χ3v) is 3.60. The molecule has 0 fully saturated rings. The van der Waals surface area contributed by atoms with Gasteiger partial charge in [0.15, 0.2) is 0 Å². The van der Waals surface area contributed by atoms with Gasteiger partial charge in [0.05, 0.1) is 0 Å². The molecule has 0 amide bonds. The SMILES string of the molecule is CCC(Cc1ccccc1)NCCc1ccc(O)cc1. The highest BCUT2D eigenvalue weighted by Gasteiger charge is 2.06. The highest BCUT2D eigenvalue weighted by atomic mass is 16.3. The second-order valence-electron chi connectivity index (χ2n) is 5.17. The summed E-state index contributed by atoms with van der Waals surface area (Å²) in [7, 11) is 0. The van der Waals surface area contributed by atoms with E-state index in [0.29, 0.717) is 11.8 Å². The first kappa shape index (κ1) is 14.6. The molecule has 0 aliphatic rings. The highest BCUT2D eigenvalue weighted by molar-refractivity contribution is 5.26. The number of aromatic hydroxyl groups is 1. The van der Waals surface area contributed by atoms with Crippen molar-refractivity contribution >= 4 is 0 Å². The van der Waals surface area contributed by atoms with Crippen LogP contribution in [0.1, 0.15) is 24.5 Å². The molecule has 2 nitrogen and oxygen atoms in total. The first-order chi connectivity index (χ1) is 9.78. The first-order valence-corrected chi connectivity index (χ1v) is 7.33. The van der Waals surface area contributed by atoms with Crippen molar-refractivity contribution in [2.75, 3.05) is 6.54 Å². The van der Waals surface area contributed by atoms with Gasteiger partial charge < -0.3 is 10.4 Å². The van der Waals surface area contributed by atoms with E-state index in [-0.39, 0.29) is 0 Å². The van der Waals surface area contributed by atoms with E-state index < -0.39 is 0 Å². The van der Waals surface area contributed by atoms with Gasteiger partial charge in [-0.3, -0.25) is 0 Å². The molecule has 2 N–H and O–H groups in total. The van der Waals surface area contributed by atoms with Crippen LogP contribution in [0.2, 0.25) is 0 Å². The zero-order valence-corrected chi connectivity index (χ0v) is 12.0. The quantitative estimate of drug-likeness (QED) is 0.805. The van der Waals surface area contributed by atoms with Gasteiger partial charge in [0, 0.05) is 6.04 Å². The molecule has 20 heavy (non-hydrogen) atoms. The summed E-state index contributed by atoms with van der Waals surface area (Å²) >= 11 is 0. The minimum Gasteiger partial charge on any atom is -0.508 e. The zero-order chi connectivity index (χ0) is 14.2. The van der Waals surface area contributed by atoms with Crippen LogP contribution < -0.4 is 5.32 Å². The summed E-state index contributed by atoms with van der Waals surface area (Å²) in [6.07, 6.45) is 3.20. The van der Waals surface area contributed by atoms with E-state index in [1.807, 2.05) is 12.1 Å². The summed E-state index contributed by atoms with van der Waals surface area (Å²) in [5.74, 6) is 0.331. The van der Waals surface area contributed by atoms with E-state index in [1.165, 1.54) is 11.1 Å². The predicted molar refractivity (Wildman–Crippen MR) is 84.0 cm³/mol. The van der Waals surface area contributed by atoms with Crippen molar-refractivity contribution in [3.8, 4) is 5.75 Å². The van der Waals surface area contributed by atoms with Crippen LogP contribution in [0.15, 0.2) is 54.6 Å². The van der Waals surface area contributed by atoms with Crippen LogP contribution in [0.4, 0.5) is 0 Å². The number of hydrogen-bond acceptors (Lipinski definition) is 2. The van der Waals surface area contributed by atoms with E-state index in [4.69, 9.17) is 0 Å². The van der Waals surface area contributed by atoms with Crippen LogP contribution in [0.5, 0.6) is 5.75 Å². The molecule has 2 rings (SSSR count). The minimum absolute atomic E-state index is 0.331. The van der Waals surface area contributed by atoms with Gasteiger partial charge in [0.2, 0.25) is 0 Å². The van der Waals surface area contributed by atoms with Crippen LogP contribution >= 0.6 is 0 Å². The molecule has 2 aromatic carbocycles. The molecule has 2 heteroatoms. The Hall–Kier alpha value is -1.80. The molecule has 0 aromatic heterocycles. The Kier molecular flexibility index (Phi) is 5.63. The van der Waals surface area contributed by atoms with Crippen molar-refractivity contribution < 1.29 is 5.11 Å². The Morgan fingerprint density at radius 3 is 2.30 bits per heavy atom. The van der Waals surface area contributed by atoms with E-state index in [0.717, 1.165) is 25.8 Å². The zero-order valence-electron chi connectivity index (χ0n) is 12.0. The van der Waals surface area contributed by atoms with Gasteiger partial charge in [-0.15, -0.1) is 0 Å². The van der Waals surface area contributed by atoms with Gasteiger partial charge >= 0.3 is 0 Å². The fourth-order valence-electron chi connectivity index (χ4n) is 2.34. The molecule has 0 spiro atoms. The third-order valence-electron chi connectivity index (χ3n) is 3.60. The van der Waals surface area contributed by atoms with Gasteiger partial charge in [-0.1, -0.05) is 49.4 Å². The summed E-state index contributed by atoms with van der Waals surface area (Å²) in [6, 6.07) is 18.6. The fourth-order valence-corrected chi connectivity index (χ4v) is 2.34. The third kappa shape index (κ3) is 4.71. The summed E-state index contributed by atoms with van der Waals surface area (Å²) in [5, 5.41) is 12.9.